The summed E-state index contributed by atoms with van der Waals surface area (Å²) < 4.78 is 0. The zero-order valence-electron chi connectivity index (χ0n) is 12.9. The van der Waals surface area contributed by atoms with Crippen molar-refractivity contribution in [1.82, 2.24) is 0 Å². The molecule has 0 bridgehead atoms. The first-order valence-corrected chi connectivity index (χ1v) is 10.5. The van der Waals surface area contributed by atoms with Gasteiger partial charge in [0.25, 0.3) is 0 Å². The third-order valence-electron chi connectivity index (χ3n) is 3.97. The quantitative estimate of drug-likeness (QED) is 0.527. The molecule has 0 atom stereocenters. The van der Waals surface area contributed by atoms with Crippen molar-refractivity contribution in [1.29, 1.82) is 0 Å². The van der Waals surface area contributed by atoms with E-state index in [-0.39, 0.29) is 17.0 Å². The Morgan fingerprint density at radius 3 is 1.12 bits per heavy atom. The first-order valence-electron chi connectivity index (χ1n) is 7.15. The van der Waals surface area contributed by atoms with E-state index in [0.29, 0.717) is 0 Å². The third kappa shape index (κ3) is 3.98. The molecule has 0 unspecified atom stereocenters. The lowest BCUT2D eigenvalue weighted by molar-refractivity contribution is -0.00000423. The minimum atomic E-state index is -1.86. The van der Waals surface area contributed by atoms with Gasteiger partial charge in [-0.05, 0) is 54.6 Å². The Hall–Kier alpha value is -0.560. The molecule has 124 valence electrons. The SMILES string of the molecule is C[P+](c1cccc(Cl)c1)(c1cccc(Cl)c1)c1cccc(Cl)c1.[Br-]. The summed E-state index contributed by atoms with van der Waals surface area (Å²) in [5, 5.41) is 5.81. The Bertz CT molecular complexity index is 740. The van der Waals surface area contributed by atoms with Crippen LogP contribution in [0.2, 0.25) is 15.1 Å². The van der Waals surface area contributed by atoms with Crippen LogP contribution in [0.3, 0.4) is 0 Å². The smallest absolute Gasteiger partial charge is 0.109 e. The first kappa shape index (κ1) is 19.8. The largest absolute Gasteiger partial charge is 1.00 e. The number of hydrogen-bond donors (Lipinski definition) is 0. The van der Waals surface area contributed by atoms with E-state index in [2.05, 4.69) is 24.9 Å². The van der Waals surface area contributed by atoms with Gasteiger partial charge in [-0.1, -0.05) is 53.0 Å². The fraction of sp³-hybridized carbons (Fsp3) is 0.0526. The van der Waals surface area contributed by atoms with Crippen molar-refractivity contribution in [2.75, 3.05) is 6.66 Å². The second-order valence-electron chi connectivity index (χ2n) is 5.45. The van der Waals surface area contributed by atoms with Crippen molar-refractivity contribution in [3.8, 4) is 0 Å². The van der Waals surface area contributed by atoms with Crippen molar-refractivity contribution in [2.45, 2.75) is 0 Å². The second-order valence-corrected chi connectivity index (χ2v) is 10.3. The van der Waals surface area contributed by atoms with Crippen molar-refractivity contribution < 1.29 is 17.0 Å². The maximum absolute atomic E-state index is 6.25. The summed E-state index contributed by atoms with van der Waals surface area (Å²) in [6.45, 7) is 2.27. The van der Waals surface area contributed by atoms with Gasteiger partial charge in [0.1, 0.15) is 23.2 Å². The zero-order chi connectivity index (χ0) is 16.4. The predicted molar refractivity (Wildman–Crippen MR) is 106 cm³/mol. The van der Waals surface area contributed by atoms with Gasteiger partial charge in [0, 0.05) is 15.1 Å². The van der Waals surface area contributed by atoms with Crippen LogP contribution in [0, 0.1) is 0 Å². The molecule has 0 aliphatic heterocycles. The minimum Gasteiger partial charge on any atom is -1.00 e. The molecule has 0 saturated carbocycles. The lowest BCUT2D eigenvalue weighted by atomic mass is 10.3. The zero-order valence-corrected chi connectivity index (χ0v) is 17.6. The molecule has 0 nitrogen and oxygen atoms in total. The summed E-state index contributed by atoms with van der Waals surface area (Å²) in [4.78, 5) is 0. The second kappa shape index (κ2) is 8.21. The van der Waals surface area contributed by atoms with Gasteiger partial charge < -0.3 is 17.0 Å². The number of benzene rings is 3. The van der Waals surface area contributed by atoms with E-state index in [4.69, 9.17) is 34.8 Å². The fourth-order valence-electron chi connectivity index (χ4n) is 2.71. The van der Waals surface area contributed by atoms with Crippen LogP contribution in [0.25, 0.3) is 0 Å². The summed E-state index contributed by atoms with van der Waals surface area (Å²) in [7, 11) is -1.86. The van der Waals surface area contributed by atoms with E-state index in [1.165, 1.54) is 15.9 Å². The van der Waals surface area contributed by atoms with Gasteiger partial charge in [0.2, 0.25) is 0 Å². The van der Waals surface area contributed by atoms with Gasteiger partial charge in [0.05, 0.1) is 6.66 Å². The molecule has 0 saturated heterocycles. The van der Waals surface area contributed by atoms with Gasteiger partial charge in [0.15, 0.2) is 0 Å². The van der Waals surface area contributed by atoms with Gasteiger partial charge in [-0.15, -0.1) is 0 Å². The highest BCUT2D eigenvalue weighted by Crippen LogP contribution is 2.52. The summed E-state index contributed by atoms with van der Waals surface area (Å²) in [6.07, 6.45) is 0. The van der Waals surface area contributed by atoms with E-state index in [0.717, 1.165) is 15.1 Å². The van der Waals surface area contributed by atoms with Crippen molar-refractivity contribution in [3.05, 3.63) is 87.9 Å². The van der Waals surface area contributed by atoms with Crippen molar-refractivity contribution in [2.24, 2.45) is 0 Å². The van der Waals surface area contributed by atoms with Crippen LogP contribution in [0.1, 0.15) is 0 Å². The molecule has 0 aromatic heterocycles. The van der Waals surface area contributed by atoms with Crippen LogP contribution in [0.5, 0.6) is 0 Å². The molecule has 3 aromatic carbocycles. The van der Waals surface area contributed by atoms with Gasteiger partial charge >= 0.3 is 0 Å². The highest BCUT2D eigenvalue weighted by atomic mass is 79.9. The van der Waals surface area contributed by atoms with Crippen LogP contribution < -0.4 is 32.9 Å². The van der Waals surface area contributed by atoms with Crippen LogP contribution in [0.4, 0.5) is 0 Å². The van der Waals surface area contributed by atoms with Gasteiger partial charge in [-0.25, -0.2) is 0 Å². The topological polar surface area (TPSA) is 0 Å². The van der Waals surface area contributed by atoms with Gasteiger partial charge in [-0.2, -0.15) is 0 Å². The Balaban J connectivity index is 0.00000208. The molecule has 0 radical (unpaired) electrons. The normalized spacial score (nSPS) is 11.0. The van der Waals surface area contributed by atoms with E-state index in [9.17, 15) is 0 Å². The molecule has 0 N–H and O–H groups in total. The van der Waals surface area contributed by atoms with Gasteiger partial charge in [-0.3, -0.25) is 0 Å². The molecule has 0 aliphatic rings. The summed E-state index contributed by atoms with van der Waals surface area (Å²) in [6, 6.07) is 24.2. The molecular formula is C19H15BrCl3P. The number of hydrogen-bond acceptors (Lipinski definition) is 0. The molecule has 3 rings (SSSR count). The molecule has 5 heteroatoms. The summed E-state index contributed by atoms with van der Waals surface area (Å²) in [5.74, 6) is 0. The fourth-order valence-corrected chi connectivity index (χ4v) is 6.75. The summed E-state index contributed by atoms with van der Waals surface area (Å²) in [5.41, 5.74) is 0. The molecule has 0 fully saturated rings. The van der Waals surface area contributed by atoms with E-state index >= 15 is 0 Å². The first-order chi connectivity index (χ1) is 11.0. The molecule has 0 aliphatic carbocycles. The lowest BCUT2D eigenvalue weighted by Gasteiger charge is -2.23. The molecular weight excluding hydrogens is 445 g/mol. The minimum absolute atomic E-state index is 0. The molecule has 0 amide bonds. The Labute approximate surface area is 168 Å². The highest BCUT2D eigenvalue weighted by Gasteiger charge is 2.40. The van der Waals surface area contributed by atoms with E-state index < -0.39 is 7.26 Å². The van der Waals surface area contributed by atoms with Crippen molar-refractivity contribution >= 4 is 58.0 Å². The van der Waals surface area contributed by atoms with Crippen molar-refractivity contribution in [3.63, 3.8) is 0 Å². The summed E-state index contributed by atoms with van der Waals surface area (Å²) >= 11 is 18.8. The molecule has 24 heavy (non-hydrogen) atoms. The lowest BCUT2D eigenvalue weighted by Crippen LogP contribution is -3.00. The predicted octanol–water partition coefficient (Wildman–Crippen LogP) is 2.57. The Morgan fingerprint density at radius 2 is 0.875 bits per heavy atom. The van der Waals surface area contributed by atoms with Crippen LogP contribution in [-0.2, 0) is 0 Å². The maximum atomic E-state index is 6.25. The molecule has 0 heterocycles. The standard InChI is InChI=1S/C19H15Cl3P.BrH/c1-23(17-8-2-5-14(20)11-17,18-9-3-6-15(21)12-18)19-10-4-7-16(22)13-19;/h2-13H,1H3;1H/q+1;/p-1. The average molecular weight is 461 g/mol. The van der Waals surface area contributed by atoms with Crippen LogP contribution >= 0.6 is 42.1 Å². The monoisotopic (exact) mass is 458 g/mol. The Morgan fingerprint density at radius 1 is 0.583 bits per heavy atom. The maximum Gasteiger partial charge on any atom is 0.109 e. The van der Waals surface area contributed by atoms with E-state index in [1.54, 1.807) is 0 Å². The number of halogens is 4. The third-order valence-corrected chi connectivity index (χ3v) is 8.61. The molecule has 0 spiro atoms. The Kier molecular flexibility index (Phi) is 6.76. The van der Waals surface area contributed by atoms with Crippen LogP contribution in [-0.4, -0.2) is 6.66 Å². The highest BCUT2D eigenvalue weighted by molar-refractivity contribution is 7.95. The van der Waals surface area contributed by atoms with Crippen LogP contribution in [0.15, 0.2) is 72.8 Å². The number of rotatable bonds is 3. The van der Waals surface area contributed by atoms with E-state index in [1.807, 2.05) is 54.6 Å². The average Bonchev–Trinajstić information content (AvgIpc) is 2.54. The molecule has 3 aromatic rings.